The molecule has 0 saturated carbocycles. The number of carbonyl (C=O) groups is 1. The highest BCUT2D eigenvalue weighted by atomic mass is 19.1. The van der Waals surface area contributed by atoms with Crippen LogP contribution in [0, 0.1) is 0 Å². The van der Waals surface area contributed by atoms with Crippen molar-refractivity contribution in [3.63, 3.8) is 0 Å². The summed E-state index contributed by atoms with van der Waals surface area (Å²) in [5.41, 5.74) is 0.421. The summed E-state index contributed by atoms with van der Waals surface area (Å²) in [4.78, 5) is 18.1. The number of hydrogen-bond acceptors (Lipinski definition) is 2. The number of halogens is 1. The van der Waals surface area contributed by atoms with Crippen LogP contribution in [0.15, 0.2) is 33.8 Å². The summed E-state index contributed by atoms with van der Waals surface area (Å²) < 4.78 is 13.0. The number of amides is 1. The maximum absolute atomic E-state index is 13.0. The molecule has 1 aliphatic carbocycles. The predicted molar refractivity (Wildman–Crippen MR) is 43.1 cm³/mol. The number of alkyl halides is 1. The van der Waals surface area contributed by atoms with Crippen molar-refractivity contribution < 1.29 is 9.18 Å². The summed E-state index contributed by atoms with van der Waals surface area (Å²) in [5, 5.41) is 0. The molecule has 12 heavy (non-hydrogen) atoms. The van der Waals surface area contributed by atoms with Gasteiger partial charge in [0.2, 0.25) is 0 Å². The molecule has 1 atom stereocenters. The number of allylic oxidation sites excluding steroid dienone is 3. The standard InChI is InChI=1S/C8H5FN2O/c9-6-3-1-2-5-7(6)10-4-11-8(5)12/h1-4,6H. The van der Waals surface area contributed by atoms with Crippen LogP contribution >= 0.6 is 0 Å². The fourth-order valence-corrected chi connectivity index (χ4v) is 1.11. The molecule has 2 rings (SSSR count). The van der Waals surface area contributed by atoms with E-state index in [0.29, 0.717) is 0 Å². The Morgan fingerprint density at radius 2 is 2.33 bits per heavy atom. The van der Waals surface area contributed by atoms with Crippen LogP contribution in [0.2, 0.25) is 0 Å². The summed E-state index contributed by atoms with van der Waals surface area (Å²) in [6, 6.07) is 0. The smallest absolute Gasteiger partial charge is 0.267 e. The van der Waals surface area contributed by atoms with E-state index in [2.05, 4.69) is 9.98 Å². The summed E-state index contributed by atoms with van der Waals surface area (Å²) in [6.07, 6.45) is 4.17. The van der Waals surface area contributed by atoms with Gasteiger partial charge in [0.15, 0.2) is 6.17 Å². The average Bonchev–Trinajstić information content (AvgIpc) is 2.07. The molecule has 0 bridgehead atoms. The highest BCUT2D eigenvalue weighted by Crippen LogP contribution is 2.16. The Morgan fingerprint density at radius 3 is 3.08 bits per heavy atom. The van der Waals surface area contributed by atoms with E-state index in [-0.39, 0.29) is 11.3 Å². The molecule has 0 saturated heterocycles. The second-order valence-corrected chi connectivity index (χ2v) is 2.43. The van der Waals surface area contributed by atoms with Crippen molar-refractivity contribution in [2.45, 2.75) is 6.17 Å². The fraction of sp³-hybridized carbons (Fsp3) is 0.125. The third kappa shape index (κ3) is 0.922. The lowest BCUT2D eigenvalue weighted by atomic mass is 10.00. The maximum Gasteiger partial charge on any atom is 0.280 e. The zero-order valence-corrected chi connectivity index (χ0v) is 6.07. The van der Waals surface area contributed by atoms with Crippen LogP contribution in [0.1, 0.15) is 0 Å². The van der Waals surface area contributed by atoms with Crippen LogP contribution in [0.5, 0.6) is 0 Å². The van der Waals surface area contributed by atoms with Gasteiger partial charge in [-0.25, -0.2) is 9.38 Å². The van der Waals surface area contributed by atoms with Gasteiger partial charge in [-0.1, -0.05) is 6.08 Å². The highest BCUT2D eigenvalue weighted by molar-refractivity contribution is 6.29. The predicted octanol–water partition coefficient (Wildman–Crippen LogP) is 0.830. The lowest BCUT2D eigenvalue weighted by Gasteiger charge is -2.14. The van der Waals surface area contributed by atoms with Gasteiger partial charge in [0.25, 0.3) is 5.91 Å². The van der Waals surface area contributed by atoms with Crippen molar-refractivity contribution in [2.75, 3.05) is 0 Å². The third-order valence-electron chi connectivity index (χ3n) is 1.68. The Labute approximate surface area is 68.0 Å². The fourth-order valence-electron chi connectivity index (χ4n) is 1.11. The Hall–Kier alpha value is -1.58. The molecule has 1 aliphatic heterocycles. The molecule has 1 amide bonds. The SMILES string of the molecule is O=C1N=CN=C2C1=CC=CC2F. The minimum absolute atomic E-state index is 0.164. The van der Waals surface area contributed by atoms with E-state index in [1.165, 1.54) is 18.2 Å². The topological polar surface area (TPSA) is 41.8 Å². The van der Waals surface area contributed by atoms with E-state index < -0.39 is 12.1 Å². The normalized spacial score (nSPS) is 26.4. The first-order valence-electron chi connectivity index (χ1n) is 3.46. The zero-order valence-electron chi connectivity index (χ0n) is 6.07. The van der Waals surface area contributed by atoms with Gasteiger partial charge in [-0.15, -0.1) is 0 Å². The number of aliphatic imine (C=N–C) groups is 2. The molecular weight excluding hydrogens is 159 g/mol. The van der Waals surface area contributed by atoms with E-state index >= 15 is 0 Å². The maximum atomic E-state index is 13.0. The molecule has 0 fully saturated rings. The Morgan fingerprint density at radius 1 is 1.50 bits per heavy atom. The molecule has 0 aromatic heterocycles. The van der Waals surface area contributed by atoms with Crippen LogP contribution in [-0.2, 0) is 4.79 Å². The number of hydrogen-bond donors (Lipinski definition) is 0. The average molecular weight is 164 g/mol. The molecule has 1 heterocycles. The van der Waals surface area contributed by atoms with Crippen LogP contribution in [0.4, 0.5) is 4.39 Å². The largest absolute Gasteiger partial charge is 0.280 e. The van der Waals surface area contributed by atoms with Gasteiger partial charge in [-0.2, -0.15) is 4.99 Å². The first-order chi connectivity index (χ1) is 5.79. The lowest BCUT2D eigenvalue weighted by Crippen LogP contribution is -2.25. The van der Waals surface area contributed by atoms with Crippen LogP contribution in [0.25, 0.3) is 0 Å². The second-order valence-electron chi connectivity index (χ2n) is 2.43. The van der Waals surface area contributed by atoms with Crippen LogP contribution in [0.3, 0.4) is 0 Å². The number of nitrogens with zero attached hydrogens (tertiary/aromatic N) is 2. The molecular formula is C8H5FN2O. The molecule has 0 N–H and O–H groups in total. The van der Waals surface area contributed by atoms with Gasteiger partial charge >= 0.3 is 0 Å². The third-order valence-corrected chi connectivity index (χ3v) is 1.68. The minimum Gasteiger partial charge on any atom is -0.267 e. The van der Waals surface area contributed by atoms with Crippen molar-refractivity contribution in [1.29, 1.82) is 0 Å². The molecule has 0 aromatic carbocycles. The first kappa shape index (κ1) is 7.09. The summed E-state index contributed by atoms with van der Waals surface area (Å²) in [5.74, 6) is -0.424. The number of fused-ring (bicyclic) bond motifs is 1. The van der Waals surface area contributed by atoms with Gasteiger partial charge in [0.1, 0.15) is 6.34 Å². The number of rotatable bonds is 0. The van der Waals surface area contributed by atoms with Gasteiger partial charge < -0.3 is 0 Å². The second kappa shape index (κ2) is 2.48. The molecule has 2 aliphatic rings. The van der Waals surface area contributed by atoms with E-state index in [9.17, 15) is 9.18 Å². The van der Waals surface area contributed by atoms with Gasteiger partial charge in [0, 0.05) is 0 Å². The molecule has 3 nitrogen and oxygen atoms in total. The Kier molecular flexibility index (Phi) is 1.46. The quantitative estimate of drug-likeness (QED) is 0.522. The van der Waals surface area contributed by atoms with E-state index in [1.807, 2.05) is 0 Å². The summed E-state index contributed by atoms with van der Waals surface area (Å²) >= 11 is 0. The highest BCUT2D eigenvalue weighted by Gasteiger charge is 2.25. The lowest BCUT2D eigenvalue weighted by molar-refractivity contribution is -0.113. The van der Waals surface area contributed by atoms with Crippen molar-refractivity contribution in [2.24, 2.45) is 9.98 Å². The van der Waals surface area contributed by atoms with Gasteiger partial charge in [-0.3, -0.25) is 4.79 Å². The molecule has 4 heteroatoms. The first-order valence-corrected chi connectivity index (χ1v) is 3.46. The van der Waals surface area contributed by atoms with E-state index in [1.54, 1.807) is 0 Å². The van der Waals surface area contributed by atoms with Gasteiger partial charge in [-0.05, 0) is 12.2 Å². The Bertz CT molecular complexity index is 352. The molecule has 0 radical (unpaired) electrons. The summed E-state index contributed by atoms with van der Waals surface area (Å²) in [7, 11) is 0. The minimum atomic E-state index is -1.28. The van der Waals surface area contributed by atoms with Gasteiger partial charge in [0.05, 0.1) is 11.3 Å². The van der Waals surface area contributed by atoms with Crippen LogP contribution < -0.4 is 0 Å². The molecule has 1 unspecified atom stereocenters. The van der Waals surface area contributed by atoms with Crippen molar-refractivity contribution in [3.8, 4) is 0 Å². The molecule has 0 aromatic rings. The van der Waals surface area contributed by atoms with E-state index in [4.69, 9.17) is 0 Å². The van der Waals surface area contributed by atoms with Crippen molar-refractivity contribution in [1.82, 2.24) is 0 Å². The number of carbonyl (C=O) groups excluding carboxylic acids is 1. The Balaban J connectivity index is 2.50. The van der Waals surface area contributed by atoms with Crippen LogP contribution in [-0.4, -0.2) is 24.1 Å². The van der Waals surface area contributed by atoms with E-state index in [0.717, 1.165) is 6.34 Å². The summed E-state index contributed by atoms with van der Waals surface area (Å²) in [6.45, 7) is 0. The van der Waals surface area contributed by atoms with Crippen molar-refractivity contribution >= 4 is 18.0 Å². The van der Waals surface area contributed by atoms with Crippen molar-refractivity contribution in [3.05, 3.63) is 23.8 Å². The monoisotopic (exact) mass is 164 g/mol. The molecule has 0 spiro atoms. The molecule has 60 valence electrons. The zero-order chi connectivity index (χ0) is 8.55.